The highest BCUT2D eigenvalue weighted by molar-refractivity contribution is 5.78. The van der Waals surface area contributed by atoms with Crippen LogP contribution in [0.25, 0.3) is 5.82 Å². The largest absolute Gasteiger partial charge is 0.353 e. The Balaban J connectivity index is 1.13. The zero-order valence-electron chi connectivity index (χ0n) is 19.9. The SMILES string of the molecule is Cc1cc(Nc2cc(C)[nH]n2)nc(N2CCC(NC(=O)Cc3ccc(-n4cccc4)nc3)CC2)n1. The molecule has 0 atom stereocenters. The third-order valence-electron chi connectivity index (χ3n) is 5.99. The lowest BCUT2D eigenvalue weighted by molar-refractivity contribution is -0.121. The minimum atomic E-state index is 0.0200. The highest BCUT2D eigenvalue weighted by Gasteiger charge is 2.23. The zero-order chi connectivity index (χ0) is 24.2. The second kappa shape index (κ2) is 9.96. The fraction of sp³-hybridized carbons (Fsp3) is 0.320. The van der Waals surface area contributed by atoms with Crippen LogP contribution in [0.4, 0.5) is 17.6 Å². The first-order valence-electron chi connectivity index (χ1n) is 11.8. The number of piperidine rings is 1. The number of carbonyl (C=O) groups excluding carboxylic acids is 1. The normalized spacial score (nSPS) is 14.2. The van der Waals surface area contributed by atoms with Crippen LogP contribution in [0, 0.1) is 13.8 Å². The molecule has 0 unspecified atom stereocenters. The summed E-state index contributed by atoms with van der Waals surface area (Å²) in [7, 11) is 0. The van der Waals surface area contributed by atoms with Gasteiger partial charge in [-0.25, -0.2) is 9.97 Å². The van der Waals surface area contributed by atoms with E-state index in [1.807, 2.05) is 67.2 Å². The summed E-state index contributed by atoms with van der Waals surface area (Å²) in [6, 6.07) is 11.8. The molecule has 4 aromatic rings. The maximum absolute atomic E-state index is 12.6. The van der Waals surface area contributed by atoms with Crippen LogP contribution in [0.3, 0.4) is 0 Å². The summed E-state index contributed by atoms with van der Waals surface area (Å²) < 4.78 is 1.94. The molecule has 0 spiro atoms. The van der Waals surface area contributed by atoms with E-state index in [0.29, 0.717) is 18.2 Å². The summed E-state index contributed by atoms with van der Waals surface area (Å²) in [6.07, 6.45) is 7.66. The fourth-order valence-corrected chi connectivity index (χ4v) is 4.22. The number of anilines is 3. The van der Waals surface area contributed by atoms with Gasteiger partial charge in [-0.2, -0.15) is 10.1 Å². The maximum atomic E-state index is 12.6. The second-order valence-electron chi connectivity index (χ2n) is 8.88. The van der Waals surface area contributed by atoms with Gasteiger partial charge < -0.3 is 20.1 Å². The number of pyridine rings is 1. The van der Waals surface area contributed by atoms with E-state index in [2.05, 4.69) is 40.7 Å². The van der Waals surface area contributed by atoms with Gasteiger partial charge in [-0.1, -0.05) is 6.07 Å². The van der Waals surface area contributed by atoms with Crippen molar-refractivity contribution in [3.8, 4) is 5.82 Å². The molecule has 4 aromatic heterocycles. The first kappa shape index (κ1) is 22.6. The van der Waals surface area contributed by atoms with Crippen molar-refractivity contribution >= 4 is 23.5 Å². The van der Waals surface area contributed by atoms with E-state index in [4.69, 9.17) is 0 Å². The Morgan fingerprint density at radius 2 is 1.89 bits per heavy atom. The Bertz CT molecular complexity index is 1270. The molecule has 10 heteroatoms. The molecule has 35 heavy (non-hydrogen) atoms. The Morgan fingerprint density at radius 1 is 1.09 bits per heavy atom. The van der Waals surface area contributed by atoms with Gasteiger partial charge in [0.05, 0.1) is 6.42 Å². The van der Waals surface area contributed by atoms with Crippen molar-refractivity contribution in [1.29, 1.82) is 0 Å². The smallest absolute Gasteiger partial charge is 0.227 e. The standard InChI is InChI=1S/C25H29N9O/c1-17-13-21(29-22-14-18(2)31-32-22)30-25(27-17)34-11-7-20(8-12-34)28-24(35)15-19-5-6-23(26-16-19)33-9-3-4-10-33/h3-6,9-10,13-14,16,20H,7-8,11-12,15H2,1-2H3,(H,28,35)(H2,27,29,30,31,32). The Kier molecular flexibility index (Phi) is 6.42. The van der Waals surface area contributed by atoms with Crippen molar-refractivity contribution in [2.45, 2.75) is 39.2 Å². The Labute approximate surface area is 203 Å². The quantitative estimate of drug-likeness (QED) is 0.379. The summed E-state index contributed by atoms with van der Waals surface area (Å²) in [5.74, 6) is 2.99. The third kappa shape index (κ3) is 5.65. The van der Waals surface area contributed by atoms with Gasteiger partial charge in [0.1, 0.15) is 11.6 Å². The molecule has 5 rings (SSSR count). The highest BCUT2D eigenvalue weighted by atomic mass is 16.1. The van der Waals surface area contributed by atoms with E-state index in [1.165, 1.54) is 0 Å². The van der Waals surface area contributed by atoms with Gasteiger partial charge in [0, 0.05) is 61.2 Å². The predicted molar refractivity (Wildman–Crippen MR) is 134 cm³/mol. The first-order valence-corrected chi connectivity index (χ1v) is 11.8. The van der Waals surface area contributed by atoms with Crippen molar-refractivity contribution in [3.05, 3.63) is 71.9 Å². The lowest BCUT2D eigenvalue weighted by Gasteiger charge is -2.32. The number of amides is 1. The molecule has 3 N–H and O–H groups in total. The number of nitrogens with one attached hydrogen (secondary N) is 3. The van der Waals surface area contributed by atoms with Crippen LogP contribution in [0.15, 0.2) is 55.0 Å². The molecular formula is C25H29N9O. The van der Waals surface area contributed by atoms with E-state index < -0.39 is 0 Å². The molecule has 180 valence electrons. The summed E-state index contributed by atoms with van der Waals surface area (Å²) >= 11 is 0. The topological polar surface area (TPSA) is 117 Å². The van der Waals surface area contributed by atoms with Gasteiger partial charge >= 0.3 is 0 Å². The van der Waals surface area contributed by atoms with Gasteiger partial charge in [-0.3, -0.25) is 9.89 Å². The van der Waals surface area contributed by atoms with Crippen LogP contribution in [0.1, 0.15) is 29.8 Å². The van der Waals surface area contributed by atoms with Gasteiger partial charge in [-0.05, 0) is 50.5 Å². The number of aromatic amines is 1. The molecule has 5 heterocycles. The lowest BCUT2D eigenvalue weighted by Crippen LogP contribution is -2.45. The number of nitrogens with zero attached hydrogens (tertiary/aromatic N) is 6. The molecular weight excluding hydrogens is 442 g/mol. The number of aryl methyl sites for hydroxylation is 2. The van der Waals surface area contributed by atoms with Crippen LogP contribution < -0.4 is 15.5 Å². The van der Waals surface area contributed by atoms with E-state index in [0.717, 1.165) is 54.5 Å². The van der Waals surface area contributed by atoms with Crippen LogP contribution in [0.5, 0.6) is 0 Å². The number of rotatable bonds is 7. The van der Waals surface area contributed by atoms with Gasteiger partial charge in [0.2, 0.25) is 11.9 Å². The highest BCUT2D eigenvalue weighted by Crippen LogP contribution is 2.21. The number of hydrogen-bond donors (Lipinski definition) is 3. The van der Waals surface area contributed by atoms with Gasteiger partial charge in [0.25, 0.3) is 0 Å². The fourth-order valence-electron chi connectivity index (χ4n) is 4.22. The van der Waals surface area contributed by atoms with Crippen molar-refractivity contribution in [2.75, 3.05) is 23.3 Å². The molecule has 1 saturated heterocycles. The minimum Gasteiger partial charge on any atom is -0.353 e. The molecule has 0 bridgehead atoms. The summed E-state index contributed by atoms with van der Waals surface area (Å²) in [5.41, 5.74) is 2.76. The van der Waals surface area contributed by atoms with Crippen LogP contribution in [-0.4, -0.2) is 54.8 Å². The number of hydrogen-bond acceptors (Lipinski definition) is 7. The molecule has 1 aliphatic heterocycles. The third-order valence-corrected chi connectivity index (χ3v) is 5.99. The van der Waals surface area contributed by atoms with E-state index >= 15 is 0 Å². The number of H-pyrrole nitrogens is 1. The molecule has 0 saturated carbocycles. The number of carbonyl (C=O) groups is 1. The maximum Gasteiger partial charge on any atom is 0.227 e. The second-order valence-corrected chi connectivity index (χ2v) is 8.88. The first-order chi connectivity index (χ1) is 17.0. The van der Waals surface area contributed by atoms with Crippen molar-refractivity contribution in [1.82, 2.24) is 35.0 Å². The summed E-state index contributed by atoms with van der Waals surface area (Å²) in [6.45, 7) is 5.47. The van der Waals surface area contributed by atoms with Crippen molar-refractivity contribution in [3.63, 3.8) is 0 Å². The number of aromatic nitrogens is 6. The van der Waals surface area contributed by atoms with Crippen molar-refractivity contribution in [2.24, 2.45) is 0 Å². The van der Waals surface area contributed by atoms with E-state index in [1.54, 1.807) is 6.20 Å². The minimum absolute atomic E-state index is 0.0200. The molecule has 1 fully saturated rings. The Morgan fingerprint density at radius 3 is 2.57 bits per heavy atom. The van der Waals surface area contributed by atoms with Gasteiger partial charge in [-0.15, -0.1) is 0 Å². The molecule has 10 nitrogen and oxygen atoms in total. The molecule has 1 amide bonds. The van der Waals surface area contributed by atoms with Crippen molar-refractivity contribution < 1.29 is 4.79 Å². The van der Waals surface area contributed by atoms with Crippen LogP contribution >= 0.6 is 0 Å². The summed E-state index contributed by atoms with van der Waals surface area (Å²) in [4.78, 5) is 28.5. The average molecular weight is 472 g/mol. The summed E-state index contributed by atoms with van der Waals surface area (Å²) in [5, 5.41) is 13.5. The molecule has 0 aliphatic carbocycles. The van der Waals surface area contributed by atoms with E-state index in [9.17, 15) is 4.79 Å². The zero-order valence-corrected chi connectivity index (χ0v) is 19.9. The molecule has 0 aromatic carbocycles. The van der Waals surface area contributed by atoms with Crippen LogP contribution in [0.2, 0.25) is 0 Å². The van der Waals surface area contributed by atoms with Crippen LogP contribution in [-0.2, 0) is 11.2 Å². The van der Waals surface area contributed by atoms with Gasteiger partial charge in [0.15, 0.2) is 5.82 Å². The molecule has 1 aliphatic rings. The van der Waals surface area contributed by atoms with E-state index in [-0.39, 0.29) is 11.9 Å². The monoisotopic (exact) mass is 471 g/mol. The Hall–Kier alpha value is -4.21. The average Bonchev–Trinajstić information content (AvgIpc) is 3.52. The molecule has 0 radical (unpaired) electrons. The lowest BCUT2D eigenvalue weighted by atomic mass is 10.0. The predicted octanol–water partition coefficient (Wildman–Crippen LogP) is 3.07.